The Kier molecular flexibility index (Phi) is 2.43. The van der Waals surface area contributed by atoms with Crippen LogP contribution < -0.4 is 0 Å². The number of fused-ring (bicyclic) bond motifs is 1. The van der Waals surface area contributed by atoms with Gasteiger partial charge in [-0.3, -0.25) is 0 Å². The maximum atomic E-state index is 5.55. The van der Waals surface area contributed by atoms with E-state index in [1.807, 2.05) is 0 Å². The molecule has 0 N–H and O–H groups in total. The molecule has 80 valence electrons. The first-order valence-corrected chi connectivity index (χ1v) is 5.38. The Labute approximate surface area is 91.8 Å². The summed E-state index contributed by atoms with van der Waals surface area (Å²) in [5.74, 6) is 0. The average Bonchev–Trinajstić information content (AvgIpc) is 2.16. The number of methoxy groups -OCH3 is 1. The van der Waals surface area contributed by atoms with Crippen LogP contribution in [0.5, 0.6) is 0 Å². The smallest absolute Gasteiger partial charge is 0.103 e. The van der Waals surface area contributed by atoms with Gasteiger partial charge in [-0.1, -0.05) is 44.2 Å². The summed E-state index contributed by atoms with van der Waals surface area (Å²) in [6, 6.07) is 0. The van der Waals surface area contributed by atoms with E-state index in [1.165, 1.54) is 16.7 Å². The molecule has 2 aliphatic carbocycles. The van der Waals surface area contributed by atoms with Crippen molar-refractivity contribution in [1.29, 1.82) is 0 Å². The van der Waals surface area contributed by atoms with Crippen molar-refractivity contribution < 1.29 is 4.74 Å². The Morgan fingerprint density at radius 2 is 1.93 bits per heavy atom. The lowest BCUT2D eigenvalue weighted by Gasteiger charge is -2.35. The van der Waals surface area contributed by atoms with Crippen LogP contribution in [-0.4, -0.2) is 13.2 Å². The van der Waals surface area contributed by atoms with E-state index < -0.39 is 0 Å². The van der Waals surface area contributed by atoms with Crippen LogP contribution in [0.25, 0.3) is 0 Å². The van der Waals surface area contributed by atoms with Gasteiger partial charge in [0.2, 0.25) is 0 Å². The van der Waals surface area contributed by atoms with E-state index in [1.54, 1.807) is 7.11 Å². The van der Waals surface area contributed by atoms with Crippen molar-refractivity contribution in [3.63, 3.8) is 0 Å². The first-order valence-electron chi connectivity index (χ1n) is 5.38. The predicted molar refractivity (Wildman–Crippen MR) is 63.6 cm³/mol. The second-order valence-corrected chi connectivity index (χ2v) is 4.81. The molecule has 0 aliphatic heterocycles. The van der Waals surface area contributed by atoms with Crippen LogP contribution in [-0.2, 0) is 4.74 Å². The minimum absolute atomic E-state index is 0.123. The lowest BCUT2D eigenvalue weighted by Crippen LogP contribution is -2.27. The van der Waals surface area contributed by atoms with Gasteiger partial charge in [0.25, 0.3) is 0 Å². The molecule has 0 saturated carbocycles. The number of allylic oxidation sites excluding steroid dienone is 5. The average molecular weight is 202 g/mol. The van der Waals surface area contributed by atoms with Crippen LogP contribution in [0.2, 0.25) is 0 Å². The fraction of sp³-hybridized carbons (Fsp3) is 0.429. The maximum absolute atomic E-state index is 5.55. The van der Waals surface area contributed by atoms with Crippen molar-refractivity contribution >= 4 is 0 Å². The quantitative estimate of drug-likeness (QED) is 0.633. The van der Waals surface area contributed by atoms with Crippen molar-refractivity contribution in [1.82, 2.24) is 0 Å². The van der Waals surface area contributed by atoms with E-state index in [4.69, 9.17) is 4.74 Å². The molecule has 0 heterocycles. The minimum Gasteiger partial charge on any atom is -0.372 e. The van der Waals surface area contributed by atoms with E-state index >= 15 is 0 Å². The molecule has 0 saturated heterocycles. The standard InChI is InChI=1S/C14H18O/c1-10-7-8-12-11(13(10)15-4)6-5-9-14(12,2)3/h5-9,13H,1-4H3. The summed E-state index contributed by atoms with van der Waals surface area (Å²) >= 11 is 0. The highest BCUT2D eigenvalue weighted by Gasteiger charge is 2.31. The van der Waals surface area contributed by atoms with Gasteiger partial charge in [0, 0.05) is 12.5 Å². The van der Waals surface area contributed by atoms with E-state index in [0.717, 1.165) is 0 Å². The maximum Gasteiger partial charge on any atom is 0.103 e. The van der Waals surface area contributed by atoms with Crippen LogP contribution >= 0.6 is 0 Å². The van der Waals surface area contributed by atoms with E-state index in [-0.39, 0.29) is 11.5 Å². The van der Waals surface area contributed by atoms with Crippen molar-refractivity contribution in [2.24, 2.45) is 5.41 Å². The highest BCUT2D eigenvalue weighted by atomic mass is 16.5. The zero-order chi connectivity index (χ0) is 11.1. The highest BCUT2D eigenvalue weighted by Crippen LogP contribution is 2.41. The molecule has 0 spiro atoms. The third-order valence-corrected chi connectivity index (χ3v) is 3.24. The molecule has 0 bridgehead atoms. The molecule has 0 aromatic carbocycles. The van der Waals surface area contributed by atoms with Crippen LogP contribution in [0.1, 0.15) is 20.8 Å². The Morgan fingerprint density at radius 1 is 1.20 bits per heavy atom. The molecule has 1 nitrogen and oxygen atoms in total. The molecule has 2 aliphatic rings. The first kappa shape index (κ1) is 10.4. The van der Waals surface area contributed by atoms with Crippen molar-refractivity contribution in [3.8, 4) is 0 Å². The van der Waals surface area contributed by atoms with Crippen molar-refractivity contribution in [2.75, 3.05) is 7.11 Å². The predicted octanol–water partition coefficient (Wildman–Crippen LogP) is 3.41. The Hall–Kier alpha value is -1.08. The molecular weight excluding hydrogens is 184 g/mol. The molecule has 0 radical (unpaired) electrons. The van der Waals surface area contributed by atoms with Gasteiger partial charge in [-0.2, -0.15) is 0 Å². The molecule has 1 atom stereocenters. The third kappa shape index (κ3) is 1.61. The number of rotatable bonds is 1. The monoisotopic (exact) mass is 202 g/mol. The van der Waals surface area contributed by atoms with Gasteiger partial charge < -0.3 is 4.74 Å². The van der Waals surface area contributed by atoms with Crippen molar-refractivity contribution in [2.45, 2.75) is 26.9 Å². The molecule has 1 heteroatoms. The normalized spacial score (nSPS) is 27.7. The van der Waals surface area contributed by atoms with Gasteiger partial charge in [-0.15, -0.1) is 0 Å². The van der Waals surface area contributed by atoms with Gasteiger partial charge in [-0.05, 0) is 23.6 Å². The lowest BCUT2D eigenvalue weighted by atomic mass is 9.72. The molecule has 15 heavy (non-hydrogen) atoms. The second kappa shape index (κ2) is 3.49. The molecule has 0 amide bonds. The summed E-state index contributed by atoms with van der Waals surface area (Å²) in [5.41, 5.74) is 4.09. The fourth-order valence-electron chi connectivity index (χ4n) is 2.34. The SMILES string of the molecule is COC1C(C)=CC=C2C1=CC=CC2(C)C. The molecule has 0 fully saturated rings. The van der Waals surface area contributed by atoms with Crippen LogP contribution in [0.4, 0.5) is 0 Å². The van der Waals surface area contributed by atoms with Crippen molar-refractivity contribution in [3.05, 3.63) is 47.1 Å². The summed E-state index contributed by atoms with van der Waals surface area (Å²) in [6.45, 7) is 6.60. The fourth-order valence-corrected chi connectivity index (χ4v) is 2.34. The topological polar surface area (TPSA) is 9.23 Å². The summed E-state index contributed by atoms with van der Waals surface area (Å²) in [5, 5.41) is 0. The van der Waals surface area contributed by atoms with Crippen LogP contribution in [0.3, 0.4) is 0 Å². The summed E-state index contributed by atoms with van der Waals surface area (Å²) in [6.07, 6.45) is 11.1. The van der Waals surface area contributed by atoms with Gasteiger partial charge >= 0.3 is 0 Å². The van der Waals surface area contributed by atoms with Crippen LogP contribution in [0.15, 0.2) is 47.1 Å². The number of hydrogen-bond donors (Lipinski definition) is 0. The number of ether oxygens (including phenoxy) is 1. The third-order valence-electron chi connectivity index (χ3n) is 3.24. The summed E-state index contributed by atoms with van der Waals surface area (Å²) < 4.78 is 5.55. The van der Waals surface area contributed by atoms with E-state index in [2.05, 4.69) is 51.2 Å². The molecule has 1 unspecified atom stereocenters. The van der Waals surface area contributed by atoms with Crippen LogP contribution in [0, 0.1) is 5.41 Å². The van der Waals surface area contributed by atoms with E-state index in [0.29, 0.717) is 0 Å². The highest BCUT2D eigenvalue weighted by molar-refractivity contribution is 5.54. The van der Waals surface area contributed by atoms with Gasteiger partial charge in [0.15, 0.2) is 0 Å². The summed E-state index contributed by atoms with van der Waals surface area (Å²) in [4.78, 5) is 0. The molecular formula is C14H18O. The first-order chi connectivity index (χ1) is 7.06. The lowest BCUT2D eigenvalue weighted by molar-refractivity contribution is 0.158. The van der Waals surface area contributed by atoms with Gasteiger partial charge in [0.05, 0.1) is 0 Å². The Bertz CT molecular complexity index is 392. The summed E-state index contributed by atoms with van der Waals surface area (Å²) in [7, 11) is 1.77. The second-order valence-electron chi connectivity index (χ2n) is 4.81. The molecule has 0 aromatic heterocycles. The van der Waals surface area contributed by atoms with E-state index in [9.17, 15) is 0 Å². The minimum atomic E-state index is 0.123. The Morgan fingerprint density at radius 3 is 2.60 bits per heavy atom. The zero-order valence-corrected chi connectivity index (χ0v) is 9.87. The largest absolute Gasteiger partial charge is 0.372 e. The molecule has 2 rings (SSSR count). The molecule has 0 aromatic rings. The van der Waals surface area contributed by atoms with Gasteiger partial charge in [0.1, 0.15) is 6.10 Å². The zero-order valence-electron chi connectivity index (χ0n) is 9.87. The Balaban J connectivity index is 2.50. The number of hydrogen-bond acceptors (Lipinski definition) is 1. The van der Waals surface area contributed by atoms with Gasteiger partial charge in [-0.25, -0.2) is 0 Å².